The van der Waals surface area contributed by atoms with Crippen LogP contribution in [0.15, 0.2) is 0 Å². The van der Waals surface area contributed by atoms with Gasteiger partial charge >= 0.3 is 0 Å². The predicted octanol–water partition coefficient (Wildman–Crippen LogP) is 3.05. The Bertz CT molecular complexity index is 373. The average molecular weight is 275 g/mol. The number of hydrogen-bond acceptors (Lipinski definition) is 3. The van der Waals surface area contributed by atoms with Crippen LogP contribution < -0.4 is 5.73 Å². The summed E-state index contributed by atoms with van der Waals surface area (Å²) in [6.45, 7) is 2.45. The van der Waals surface area contributed by atoms with E-state index in [9.17, 15) is 5.26 Å². The van der Waals surface area contributed by atoms with Crippen LogP contribution in [-0.2, 0) is 0 Å². The van der Waals surface area contributed by atoms with Gasteiger partial charge in [0.25, 0.3) is 0 Å². The van der Waals surface area contributed by atoms with Crippen molar-refractivity contribution in [1.82, 2.24) is 4.90 Å². The molecule has 2 N–H and O–H groups in total. The SMILES string of the molecule is N#CC1(N)CCCC1CCN1CCC[C@H]2CCCC[C@H]21. The molecule has 3 fully saturated rings. The van der Waals surface area contributed by atoms with Crippen molar-refractivity contribution in [3.63, 3.8) is 0 Å². The number of nitriles is 1. The van der Waals surface area contributed by atoms with Gasteiger partial charge in [-0.05, 0) is 69.9 Å². The van der Waals surface area contributed by atoms with E-state index in [1.165, 1.54) is 51.6 Å². The van der Waals surface area contributed by atoms with Gasteiger partial charge in [-0.15, -0.1) is 0 Å². The maximum absolute atomic E-state index is 9.33. The first-order chi connectivity index (χ1) is 9.73. The van der Waals surface area contributed by atoms with Gasteiger partial charge in [0.15, 0.2) is 0 Å². The van der Waals surface area contributed by atoms with Crippen LogP contribution in [0.5, 0.6) is 0 Å². The predicted molar refractivity (Wildman–Crippen MR) is 81.0 cm³/mol. The van der Waals surface area contributed by atoms with Crippen molar-refractivity contribution < 1.29 is 0 Å². The molecule has 2 aliphatic carbocycles. The standard InChI is InChI=1S/C17H29N3/c18-13-17(19)10-3-7-15(17)9-12-20-11-4-6-14-5-1-2-8-16(14)20/h14-16H,1-12,19H2/t14-,15?,16-,17?/m1/s1. The van der Waals surface area contributed by atoms with E-state index in [1.807, 2.05) is 0 Å². The van der Waals surface area contributed by atoms with Crippen molar-refractivity contribution in [2.24, 2.45) is 17.6 Å². The van der Waals surface area contributed by atoms with Gasteiger partial charge in [-0.1, -0.05) is 19.3 Å². The van der Waals surface area contributed by atoms with Gasteiger partial charge in [0.1, 0.15) is 5.54 Å². The highest BCUT2D eigenvalue weighted by atomic mass is 15.2. The zero-order valence-electron chi connectivity index (χ0n) is 12.7. The van der Waals surface area contributed by atoms with Crippen LogP contribution in [0.3, 0.4) is 0 Å². The molecule has 3 heteroatoms. The lowest BCUT2D eigenvalue weighted by atomic mass is 9.78. The van der Waals surface area contributed by atoms with Crippen LogP contribution in [0, 0.1) is 23.2 Å². The summed E-state index contributed by atoms with van der Waals surface area (Å²) < 4.78 is 0. The Morgan fingerprint density at radius 2 is 1.90 bits per heavy atom. The van der Waals surface area contributed by atoms with Crippen molar-refractivity contribution in [2.45, 2.75) is 75.8 Å². The van der Waals surface area contributed by atoms with Gasteiger partial charge < -0.3 is 10.6 Å². The highest BCUT2D eigenvalue weighted by molar-refractivity contribution is 5.12. The summed E-state index contributed by atoms with van der Waals surface area (Å²) in [5, 5.41) is 9.33. The summed E-state index contributed by atoms with van der Waals surface area (Å²) in [5.74, 6) is 1.39. The van der Waals surface area contributed by atoms with E-state index in [-0.39, 0.29) is 0 Å². The first kappa shape index (κ1) is 14.4. The van der Waals surface area contributed by atoms with Gasteiger partial charge in [0.2, 0.25) is 0 Å². The van der Waals surface area contributed by atoms with Crippen molar-refractivity contribution in [1.29, 1.82) is 5.26 Å². The summed E-state index contributed by atoms with van der Waals surface area (Å²) in [4.78, 5) is 2.74. The molecule has 0 aromatic heterocycles. The van der Waals surface area contributed by atoms with Crippen LogP contribution in [0.2, 0.25) is 0 Å². The van der Waals surface area contributed by atoms with Crippen LogP contribution in [-0.4, -0.2) is 29.6 Å². The quantitative estimate of drug-likeness (QED) is 0.861. The van der Waals surface area contributed by atoms with Crippen molar-refractivity contribution >= 4 is 0 Å². The maximum Gasteiger partial charge on any atom is 0.107 e. The molecule has 3 aliphatic rings. The maximum atomic E-state index is 9.33. The number of rotatable bonds is 3. The molecule has 1 heterocycles. The Kier molecular flexibility index (Phi) is 4.33. The topological polar surface area (TPSA) is 53.1 Å². The van der Waals surface area contributed by atoms with Crippen LogP contribution in [0.25, 0.3) is 0 Å². The third-order valence-corrected chi connectivity index (χ3v) is 6.20. The summed E-state index contributed by atoms with van der Waals surface area (Å²) in [5.41, 5.74) is 5.74. The minimum absolute atomic E-state index is 0.427. The molecule has 0 spiro atoms. The van der Waals surface area contributed by atoms with Crippen molar-refractivity contribution in [3.8, 4) is 6.07 Å². The molecule has 0 radical (unpaired) electrons. The molecule has 0 aromatic carbocycles. The van der Waals surface area contributed by atoms with E-state index < -0.39 is 5.54 Å². The zero-order chi connectivity index (χ0) is 14.0. The lowest BCUT2D eigenvalue weighted by molar-refractivity contribution is 0.0549. The molecule has 112 valence electrons. The van der Waals surface area contributed by atoms with Gasteiger partial charge in [0, 0.05) is 6.04 Å². The number of likely N-dealkylation sites (tertiary alicyclic amines) is 1. The van der Waals surface area contributed by atoms with E-state index >= 15 is 0 Å². The lowest BCUT2D eigenvalue weighted by Gasteiger charge is -2.44. The minimum atomic E-state index is -0.526. The molecular formula is C17H29N3. The third kappa shape index (κ3) is 2.73. The highest BCUT2D eigenvalue weighted by Crippen LogP contribution is 2.38. The minimum Gasteiger partial charge on any atom is -0.313 e. The second-order valence-corrected chi connectivity index (χ2v) is 7.32. The van der Waals surface area contributed by atoms with Crippen LogP contribution >= 0.6 is 0 Å². The normalized spacial score (nSPS) is 42.1. The Morgan fingerprint density at radius 1 is 1.10 bits per heavy atom. The number of nitrogens with zero attached hydrogens (tertiary/aromatic N) is 2. The molecule has 0 aromatic rings. The Morgan fingerprint density at radius 3 is 2.75 bits per heavy atom. The fourth-order valence-corrected chi connectivity index (χ4v) is 4.98. The fourth-order valence-electron chi connectivity index (χ4n) is 4.98. The number of nitrogens with two attached hydrogens (primary N) is 1. The molecule has 1 saturated heterocycles. The van der Waals surface area contributed by atoms with Gasteiger partial charge in [0.05, 0.1) is 6.07 Å². The van der Waals surface area contributed by atoms with Gasteiger partial charge in [-0.25, -0.2) is 0 Å². The molecule has 1 aliphatic heterocycles. The Hall–Kier alpha value is -0.590. The molecular weight excluding hydrogens is 246 g/mol. The summed E-state index contributed by atoms with van der Waals surface area (Å²) in [7, 11) is 0. The monoisotopic (exact) mass is 275 g/mol. The van der Waals surface area contributed by atoms with Crippen LogP contribution in [0.1, 0.15) is 64.2 Å². The summed E-state index contributed by atoms with van der Waals surface area (Å²) in [6.07, 6.45) is 12.9. The smallest absolute Gasteiger partial charge is 0.107 e. The van der Waals surface area contributed by atoms with E-state index in [4.69, 9.17) is 5.73 Å². The van der Waals surface area contributed by atoms with Gasteiger partial charge in [-0.3, -0.25) is 0 Å². The fraction of sp³-hybridized carbons (Fsp3) is 0.941. The van der Waals surface area contributed by atoms with E-state index in [0.29, 0.717) is 5.92 Å². The largest absolute Gasteiger partial charge is 0.313 e. The number of fused-ring (bicyclic) bond motifs is 1. The van der Waals surface area contributed by atoms with Crippen molar-refractivity contribution in [3.05, 3.63) is 0 Å². The molecule has 0 amide bonds. The van der Waals surface area contributed by atoms with E-state index in [1.54, 1.807) is 0 Å². The van der Waals surface area contributed by atoms with Crippen LogP contribution in [0.4, 0.5) is 0 Å². The number of hydrogen-bond donors (Lipinski definition) is 1. The second kappa shape index (κ2) is 6.03. The average Bonchev–Trinajstić information content (AvgIpc) is 2.87. The second-order valence-electron chi connectivity index (χ2n) is 7.32. The highest BCUT2D eigenvalue weighted by Gasteiger charge is 2.40. The Balaban J connectivity index is 1.56. The van der Waals surface area contributed by atoms with Gasteiger partial charge in [-0.2, -0.15) is 5.26 Å². The summed E-state index contributed by atoms with van der Waals surface area (Å²) >= 11 is 0. The first-order valence-corrected chi connectivity index (χ1v) is 8.67. The first-order valence-electron chi connectivity index (χ1n) is 8.67. The van der Waals surface area contributed by atoms with Crippen molar-refractivity contribution in [2.75, 3.05) is 13.1 Å². The molecule has 2 saturated carbocycles. The molecule has 20 heavy (non-hydrogen) atoms. The molecule has 2 unspecified atom stereocenters. The molecule has 3 rings (SSSR count). The Labute approximate surface area is 123 Å². The zero-order valence-corrected chi connectivity index (χ0v) is 12.7. The van der Waals surface area contributed by atoms with E-state index in [0.717, 1.165) is 37.6 Å². The number of piperidine rings is 1. The summed E-state index contributed by atoms with van der Waals surface area (Å²) in [6, 6.07) is 3.23. The van der Waals surface area contributed by atoms with E-state index in [2.05, 4.69) is 11.0 Å². The molecule has 0 bridgehead atoms. The third-order valence-electron chi connectivity index (χ3n) is 6.20. The molecule has 4 atom stereocenters. The lowest BCUT2D eigenvalue weighted by Crippen LogP contribution is -2.49. The molecule has 3 nitrogen and oxygen atoms in total.